The van der Waals surface area contributed by atoms with Crippen molar-refractivity contribution in [1.29, 1.82) is 0 Å². The maximum Gasteiger partial charge on any atom is 0.205 e. The molecule has 2 nitrogen and oxygen atoms in total. The van der Waals surface area contributed by atoms with Gasteiger partial charge in [0.1, 0.15) is 11.5 Å². The molecule has 0 heterocycles. The average Bonchev–Trinajstić information content (AvgIpc) is 3.00. The second-order valence-corrected chi connectivity index (χ2v) is 11.9. The van der Waals surface area contributed by atoms with E-state index < -0.39 is 69.2 Å². The average molecular weight is 711 g/mol. The highest BCUT2D eigenvalue weighted by Crippen LogP contribution is 2.45. The number of fused-ring (bicyclic) bond motifs is 2. The fourth-order valence-electron chi connectivity index (χ4n) is 4.84. The summed E-state index contributed by atoms with van der Waals surface area (Å²) < 4.78 is 133. The van der Waals surface area contributed by atoms with Gasteiger partial charge in [-0.25, -0.2) is 17.6 Å². The van der Waals surface area contributed by atoms with Crippen LogP contribution in [0.5, 0.6) is 23.0 Å². The van der Waals surface area contributed by atoms with Crippen LogP contribution in [-0.2, 0) is 0 Å². The van der Waals surface area contributed by atoms with Gasteiger partial charge < -0.3 is 9.47 Å². The van der Waals surface area contributed by atoms with Gasteiger partial charge in [0.25, 0.3) is 0 Å². The molecule has 6 aromatic carbocycles. The topological polar surface area (TPSA) is 18.5 Å². The maximum absolute atomic E-state index is 15.3. The van der Waals surface area contributed by atoms with Crippen molar-refractivity contribution in [2.75, 3.05) is 0 Å². The molecule has 0 saturated heterocycles. The molecule has 0 aliphatic carbocycles. The Morgan fingerprint density at radius 1 is 0.370 bits per heavy atom. The zero-order chi connectivity index (χ0) is 33.2. The van der Waals surface area contributed by atoms with E-state index in [1.165, 1.54) is 36.4 Å². The summed E-state index contributed by atoms with van der Waals surface area (Å²) in [4.78, 5) is 1.48. The zero-order valence-electron chi connectivity index (χ0n) is 22.4. The second kappa shape index (κ2) is 12.1. The van der Waals surface area contributed by atoms with Gasteiger partial charge in [0.15, 0.2) is 23.3 Å². The Balaban J connectivity index is 1.48. The number of hydrogen-bond donors (Lipinski definition) is 4. The predicted molar refractivity (Wildman–Crippen MR) is 169 cm³/mol. The van der Waals surface area contributed by atoms with Crippen molar-refractivity contribution in [1.82, 2.24) is 0 Å². The second-order valence-electron chi connectivity index (χ2n) is 9.82. The van der Waals surface area contributed by atoms with Gasteiger partial charge in [-0.05, 0) is 71.4 Å². The quantitative estimate of drug-likeness (QED) is 0.0811. The number of rotatable bonds is 5. The van der Waals surface area contributed by atoms with Gasteiger partial charge in [-0.2, -0.15) is 17.6 Å². The summed E-state index contributed by atoms with van der Waals surface area (Å²) >= 11 is 16.8. The fourth-order valence-corrected chi connectivity index (χ4v) is 5.78. The molecule has 0 atom stereocenters. The summed E-state index contributed by atoms with van der Waals surface area (Å²) in [6, 6.07) is 14.5. The van der Waals surface area contributed by atoms with E-state index in [2.05, 4.69) is 50.5 Å². The van der Waals surface area contributed by atoms with Gasteiger partial charge in [-0.15, -0.1) is 50.5 Å². The van der Waals surface area contributed by atoms with Crippen LogP contribution in [0.2, 0.25) is 0 Å². The van der Waals surface area contributed by atoms with Crippen molar-refractivity contribution in [2.24, 2.45) is 0 Å². The Hall–Kier alpha value is -3.72. The molecule has 0 saturated carbocycles. The number of benzene rings is 6. The van der Waals surface area contributed by atoms with Crippen LogP contribution >= 0.6 is 50.5 Å². The van der Waals surface area contributed by atoms with E-state index in [0.717, 1.165) is 0 Å². The van der Waals surface area contributed by atoms with Crippen molar-refractivity contribution >= 4 is 72.1 Å². The third-order valence-corrected chi connectivity index (χ3v) is 7.96. The first-order chi connectivity index (χ1) is 21.8. The van der Waals surface area contributed by atoms with Gasteiger partial charge in [-0.3, -0.25) is 0 Å². The Morgan fingerprint density at radius 2 is 0.674 bits per heavy atom. The molecule has 0 aromatic heterocycles. The fraction of sp³-hybridized carbons (Fsp3) is 0. The molecule has 0 bridgehead atoms. The highest BCUT2D eigenvalue weighted by Gasteiger charge is 2.36. The first-order valence-corrected chi connectivity index (χ1v) is 14.5. The van der Waals surface area contributed by atoms with E-state index >= 15 is 35.1 Å². The van der Waals surface area contributed by atoms with Crippen LogP contribution in [0.1, 0.15) is 0 Å². The molecule has 0 N–H and O–H groups in total. The minimum absolute atomic E-state index is 0.234. The summed E-state index contributed by atoms with van der Waals surface area (Å²) in [6.07, 6.45) is 0. The Morgan fingerprint density at radius 3 is 1.00 bits per heavy atom. The van der Waals surface area contributed by atoms with Gasteiger partial charge in [0.2, 0.25) is 34.8 Å². The van der Waals surface area contributed by atoms with Crippen molar-refractivity contribution < 1.29 is 44.6 Å². The van der Waals surface area contributed by atoms with Crippen LogP contribution in [0, 0.1) is 46.5 Å². The summed E-state index contributed by atoms with van der Waals surface area (Å²) in [7, 11) is 0. The molecular weight excluding hydrogens is 697 g/mol. The Bertz CT molecular complexity index is 2030. The molecule has 6 rings (SSSR count). The first-order valence-electron chi connectivity index (χ1n) is 12.8. The Kier molecular flexibility index (Phi) is 8.51. The molecule has 0 fully saturated rings. The minimum Gasteiger partial charge on any atom is -0.450 e. The molecule has 0 aliphatic rings. The van der Waals surface area contributed by atoms with E-state index in [0.29, 0.717) is 20.6 Å². The zero-order valence-corrected chi connectivity index (χ0v) is 26.0. The third-order valence-electron chi connectivity index (χ3n) is 6.89. The summed E-state index contributed by atoms with van der Waals surface area (Å²) in [5.74, 6) is -22.3. The van der Waals surface area contributed by atoms with Crippen LogP contribution in [0.4, 0.5) is 35.1 Å². The van der Waals surface area contributed by atoms with E-state index in [9.17, 15) is 0 Å². The van der Waals surface area contributed by atoms with Gasteiger partial charge >= 0.3 is 0 Å². The maximum atomic E-state index is 15.3. The van der Waals surface area contributed by atoms with Gasteiger partial charge in [-0.1, -0.05) is 0 Å². The largest absolute Gasteiger partial charge is 0.450 e. The van der Waals surface area contributed by atoms with E-state index in [1.807, 2.05) is 0 Å². The smallest absolute Gasteiger partial charge is 0.205 e. The lowest BCUT2D eigenvalue weighted by atomic mass is 10.0. The summed E-state index contributed by atoms with van der Waals surface area (Å²) in [5.41, 5.74) is -4.11. The van der Waals surface area contributed by atoms with Crippen molar-refractivity contribution in [3.05, 3.63) is 107 Å². The number of ether oxygens (including phenoxy) is 2. The molecule has 0 amide bonds. The SMILES string of the molecule is Fc1c(F)c(-c2c(F)c(F)c(Oc3cc(S)cc4cc(S)ccc34)c(F)c2F)c(F)c(F)c1Oc1cc(S)cc2cc(S)ccc12. The van der Waals surface area contributed by atoms with Crippen molar-refractivity contribution in [3.8, 4) is 34.1 Å². The lowest BCUT2D eigenvalue weighted by Crippen LogP contribution is -2.09. The predicted octanol–water partition coefficient (Wildman–Crippen LogP) is 11.5. The van der Waals surface area contributed by atoms with Crippen LogP contribution in [0.15, 0.2) is 80.2 Å². The van der Waals surface area contributed by atoms with Gasteiger partial charge in [0, 0.05) is 30.4 Å². The van der Waals surface area contributed by atoms with E-state index in [1.54, 1.807) is 24.3 Å². The molecule has 0 aliphatic heterocycles. The van der Waals surface area contributed by atoms with Crippen LogP contribution in [0.3, 0.4) is 0 Å². The molecule has 234 valence electrons. The highest BCUT2D eigenvalue weighted by atomic mass is 32.1. The summed E-state index contributed by atoms with van der Waals surface area (Å²) in [5, 5.41) is 1.34. The molecule has 0 radical (unpaired) electrons. The van der Waals surface area contributed by atoms with E-state index in [-0.39, 0.29) is 32.1 Å². The standard InChI is InChI=1S/C32H14F8O2S4/c33-23-21(24(34)28(38)31(27(23)37)41-19-9-15(45)7-11-5-13(43)1-3-17(11)19)22-25(35)29(39)32(30(40)26(22)36)42-20-10-16(46)8-12-6-14(44)2-4-18(12)20/h1-10,43-46H. The monoisotopic (exact) mass is 710 g/mol. The lowest BCUT2D eigenvalue weighted by Gasteiger charge is -2.17. The highest BCUT2D eigenvalue weighted by molar-refractivity contribution is 7.80. The molecule has 0 unspecified atom stereocenters. The third kappa shape index (κ3) is 5.50. The number of hydrogen-bond acceptors (Lipinski definition) is 6. The van der Waals surface area contributed by atoms with Crippen molar-refractivity contribution in [3.63, 3.8) is 0 Å². The molecular formula is C32H14F8O2S4. The van der Waals surface area contributed by atoms with Crippen molar-refractivity contribution in [2.45, 2.75) is 19.6 Å². The molecule has 6 aromatic rings. The Labute approximate surface area is 276 Å². The molecule has 14 heteroatoms. The molecule has 0 spiro atoms. The lowest BCUT2D eigenvalue weighted by molar-refractivity contribution is 0.362. The minimum atomic E-state index is -2.39. The van der Waals surface area contributed by atoms with Crippen LogP contribution in [0.25, 0.3) is 32.7 Å². The number of halogens is 8. The molecule has 46 heavy (non-hydrogen) atoms. The number of thiol groups is 4. The van der Waals surface area contributed by atoms with E-state index in [4.69, 9.17) is 9.47 Å². The summed E-state index contributed by atoms with van der Waals surface area (Å²) in [6.45, 7) is 0. The normalized spacial score (nSPS) is 11.5. The van der Waals surface area contributed by atoms with Crippen LogP contribution < -0.4 is 9.47 Å². The van der Waals surface area contributed by atoms with Gasteiger partial charge in [0.05, 0.1) is 11.1 Å². The van der Waals surface area contributed by atoms with Crippen LogP contribution in [-0.4, -0.2) is 0 Å². The first kappa shape index (κ1) is 32.2.